The lowest BCUT2D eigenvalue weighted by molar-refractivity contribution is 0.0966. The van der Waals surface area contributed by atoms with Crippen LogP contribution in [0.25, 0.3) is 5.65 Å². The van der Waals surface area contributed by atoms with Gasteiger partial charge in [0.25, 0.3) is 5.91 Å². The van der Waals surface area contributed by atoms with Gasteiger partial charge in [0.15, 0.2) is 5.65 Å². The van der Waals surface area contributed by atoms with E-state index >= 15 is 0 Å². The quantitative estimate of drug-likeness (QED) is 0.733. The summed E-state index contributed by atoms with van der Waals surface area (Å²) in [6, 6.07) is 5.70. The molecule has 1 amide bonds. The predicted octanol–water partition coefficient (Wildman–Crippen LogP) is 2.87. The first-order chi connectivity index (χ1) is 13.3. The number of fused-ring (bicyclic) bond motifs is 1. The van der Waals surface area contributed by atoms with Crippen LogP contribution in [0.2, 0.25) is 0 Å². The highest BCUT2D eigenvalue weighted by Crippen LogP contribution is 2.14. The molecule has 1 aliphatic rings. The second-order valence-corrected chi connectivity index (χ2v) is 6.02. The molecule has 0 bridgehead atoms. The first-order valence-electron chi connectivity index (χ1n) is 8.60. The van der Waals surface area contributed by atoms with Crippen LogP contribution in [-0.2, 0) is 6.54 Å². The third kappa shape index (κ3) is 3.92. The van der Waals surface area contributed by atoms with Crippen molar-refractivity contribution in [1.82, 2.24) is 24.9 Å². The van der Waals surface area contributed by atoms with Crippen molar-refractivity contribution >= 4 is 17.4 Å². The Labute approximate surface area is 156 Å². The van der Waals surface area contributed by atoms with Gasteiger partial charge in [-0.3, -0.25) is 9.78 Å². The van der Waals surface area contributed by atoms with Crippen LogP contribution < -0.4 is 10.6 Å². The molecule has 0 radical (unpaired) electrons. The largest absolute Gasteiger partial charge is 0.366 e. The molecule has 0 atom stereocenters. The second-order valence-electron chi connectivity index (χ2n) is 6.02. The van der Waals surface area contributed by atoms with Gasteiger partial charge >= 0.3 is 0 Å². The summed E-state index contributed by atoms with van der Waals surface area (Å²) in [4.78, 5) is 21.3. The Morgan fingerprint density at radius 2 is 2.15 bits per heavy atom. The summed E-state index contributed by atoms with van der Waals surface area (Å²) in [6.07, 6.45) is 17.2. The Bertz CT molecular complexity index is 1050. The lowest BCUT2D eigenvalue weighted by Gasteiger charge is -2.08. The second kappa shape index (κ2) is 7.65. The van der Waals surface area contributed by atoms with Crippen LogP contribution in [0.5, 0.6) is 0 Å². The molecule has 27 heavy (non-hydrogen) atoms. The zero-order chi connectivity index (χ0) is 18.5. The molecule has 4 rings (SSSR count). The van der Waals surface area contributed by atoms with Gasteiger partial charge in [-0.05, 0) is 23.8 Å². The number of anilines is 1. The average Bonchev–Trinajstić information content (AvgIpc) is 2.96. The van der Waals surface area contributed by atoms with E-state index in [1.807, 2.05) is 48.6 Å². The molecule has 3 aromatic heterocycles. The number of hydrogen-bond donors (Lipinski definition) is 2. The lowest BCUT2D eigenvalue weighted by Crippen LogP contribution is -2.22. The summed E-state index contributed by atoms with van der Waals surface area (Å²) in [5.74, 6) is 0.442. The zero-order valence-corrected chi connectivity index (χ0v) is 14.5. The molecule has 7 nitrogen and oxygen atoms in total. The molecule has 3 heterocycles. The van der Waals surface area contributed by atoms with E-state index in [1.54, 1.807) is 23.1 Å². The van der Waals surface area contributed by atoms with Crippen LogP contribution in [0.4, 0.5) is 5.82 Å². The lowest BCUT2D eigenvalue weighted by atomic mass is 10.2. The monoisotopic (exact) mass is 358 g/mol. The first kappa shape index (κ1) is 16.7. The van der Waals surface area contributed by atoms with Crippen LogP contribution >= 0.6 is 0 Å². The van der Waals surface area contributed by atoms with E-state index < -0.39 is 0 Å². The van der Waals surface area contributed by atoms with Crippen molar-refractivity contribution in [3.05, 3.63) is 90.2 Å². The van der Waals surface area contributed by atoms with Gasteiger partial charge in [0.05, 0.1) is 6.20 Å². The number of aromatic nitrogens is 4. The maximum Gasteiger partial charge on any atom is 0.260 e. The molecule has 134 valence electrons. The van der Waals surface area contributed by atoms with Crippen molar-refractivity contribution < 1.29 is 4.79 Å². The SMILES string of the molecule is O=C(NC1=CC=CC=CC1)c1cnn2ccc(NCc3cccnc3)nc12. The van der Waals surface area contributed by atoms with E-state index in [9.17, 15) is 4.79 Å². The molecular formula is C20H18N6O. The Hall–Kier alpha value is -3.74. The van der Waals surface area contributed by atoms with E-state index in [0.717, 1.165) is 11.3 Å². The van der Waals surface area contributed by atoms with Crippen molar-refractivity contribution in [3.8, 4) is 0 Å². The minimum atomic E-state index is -0.225. The van der Waals surface area contributed by atoms with Crippen LogP contribution in [0.1, 0.15) is 22.3 Å². The van der Waals surface area contributed by atoms with Gasteiger partial charge in [0.1, 0.15) is 11.4 Å². The molecular weight excluding hydrogens is 340 g/mol. The average molecular weight is 358 g/mol. The van der Waals surface area contributed by atoms with Crippen molar-refractivity contribution in [2.45, 2.75) is 13.0 Å². The Morgan fingerprint density at radius 1 is 1.19 bits per heavy atom. The number of nitrogens with zero attached hydrogens (tertiary/aromatic N) is 4. The standard InChI is InChI=1S/C20H18N6O/c27-20(24-16-7-3-1-2-4-8-16)17-14-23-26-11-9-18(25-19(17)26)22-13-15-6-5-10-21-12-15/h1-7,9-12,14H,8,13H2,(H,22,25)(H,24,27). The molecule has 2 N–H and O–H groups in total. The summed E-state index contributed by atoms with van der Waals surface area (Å²) in [5, 5.41) is 10.4. The van der Waals surface area contributed by atoms with Crippen molar-refractivity contribution in [2.75, 3.05) is 5.32 Å². The predicted molar refractivity (Wildman–Crippen MR) is 103 cm³/mol. The minimum Gasteiger partial charge on any atom is -0.366 e. The Balaban J connectivity index is 1.53. The molecule has 0 saturated carbocycles. The van der Waals surface area contributed by atoms with Gasteiger partial charge in [-0.25, -0.2) is 9.50 Å². The van der Waals surface area contributed by atoms with Crippen LogP contribution in [0, 0.1) is 0 Å². The molecule has 0 unspecified atom stereocenters. The minimum absolute atomic E-state index is 0.225. The molecule has 0 saturated heterocycles. The van der Waals surface area contributed by atoms with Gasteiger partial charge in [-0.2, -0.15) is 5.10 Å². The Kier molecular flexibility index (Phi) is 4.74. The molecule has 0 aliphatic heterocycles. The third-order valence-electron chi connectivity index (χ3n) is 4.08. The van der Waals surface area contributed by atoms with Crippen LogP contribution in [0.3, 0.4) is 0 Å². The highest BCUT2D eigenvalue weighted by Gasteiger charge is 2.15. The van der Waals surface area contributed by atoms with E-state index in [-0.39, 0.29) is 5.91 Å². The van der Waals surface area contributed by atoms with Gasteiger partial charge in [0.2, 0.25) is 0 Å². The highest BCUT2D eigenvalue weighted by molar-refractivity contribution is 6.00. The van der Waals surface area contributed by atoms with Crippen molar-refractivity contribution in [2.24, 2.45) is 0 Å². The third-order valence-corrected chi connectivity index (χ3v) is 4.08. The molecule has 0 aromatic carbocycles. The van der Waals surface area contributed by atoms with E-state index in [2.05, 4.69) is 25.7 Å². The molecule has 0 spiro atoms. The zero-order valence-electron chi connectivity index (χ0n) is 14.5. The summed E-state index contributed by atoms with van der Waals surface area (Å²) < 4.78 is 1.59. The van der Waals surface area contributed by atoms with E-state index in [1.165, 1.54) is 6.20 Å². The summed E-state index contributed by atoms with van der Waals surface area (Å²) in [7, 11) is 0. The van der Waals surface area contributed by atoms with Crippen molar-refractivity contribution in [1.29, 1.82) is 0 Å². The fraction of sp³-hybridized carbons (Fsp3) is 0.100. The Morgan fingerprint density at radius 3 is 3.04 bits per heavy atom. The van der Waals surface area contributed by atoms with Crippen LogP contribution in [0.15, 0.2) is 79.1 Å². The number of pyridine rings is 1. The normalized spacial score (nSPS) is 13.3. The maximum absolute atomic E-state index is 12.7. The van der Waals surface area contributed by atoms with Gasteiger partial charge in [-0.15, -0.1) is 0 Å². The number of hydrogen-bond acceptors (Lipinski definition) is 5. The molecule has 3 aromatic rings. The number of rotatable bonds is 5. The summed E-state index contributed by atoms with van der Waals surface area (Å²) in [6.45, 7) is 0.595. The van der Waals surface area contributed by atoms with Gasteiger partial charge in [-0.1, -0.05) is 30.4 Å². The summed E-state index contributed by atoms with van der Waals surface area (Å²) >= 11 is 0. The smallest absolute Gasteiger partial charge is 0.260 e. The fourth-order valence-electron chi connectivity index (χ4n) is 2.71. The molecule has 7 heteroatoms. The molecule has 0 fully saturated rings. The number of carbonyl (C=O) groups excluding carboxylic acids is 1. The molecule has 1 aliphatic carbocycles. The van der Waals surface area contributed by atoms with Crippen molar-refractivity contribution in [3.63, 3.8) is 0 Å². The number of nitrogens with one attached hydrogen (secondary N) is 2. The van der Waals surface area contributed by atoms with E-state index in [0.29, 0.717) is 30.0 Å². The number of amides is 1. The van der Waals surface area contributed by atoms with E-state index in [4.69, 9.17) is 0 Å². The maximum atomic E-state index is 12.7. The fourth-order valence-corrected chi connectivity index (χ4v) is 2.71. The van der Waals surface area contributed by atoms with Crippen LogP contribution in [-0.4, -0.2) is 25.5 Å². The summed E-state index contributed by atoms with van der Waals surface area (Å²) in [5.41, 5.74) is 2.81. The topological polar surface area (TPSA) is 84.2 Å². The van der Waals surface area contributed by atoms with Gasteiger partial charge < -0.3 is 10.6 Å². The number of allylic oxidation sites excluding steroid dienone is 5. The first-order valence-corrected chi connectivity index (χ1v) is 8.60. The van der Waals surface area contributed by atoms with Gasteiger partial charge in [0, 0.05) is 37.3 Å². The number of carbonyl (C=O) groups is 1. The highest BCUT2D eigenvalue weighted by atomic mass is 16.1.